The summed E-state index contributed by atoms with van der Waals surface area (Å²) in [5.74, 6) is -0.127. The Kier molecular flexibility index (Phi) is 7.31. The van der Waals surface area contributed by atoms with Gasteiger partial charge in [-0.15, -0.1) is 22.7 Å². The zero-order chi connectivity index (χ0) is 25.9. The highest BCUT2D eigenvalue weighted by Gasteiger charge is 2.27. The number of carbonyl (C=O) groups excluding carboxylic acids is 2. The van der Waals surface area contributed by atoms with Gasteiger partial charge in [0.05, 0.1) is 5.56 Å². The Balaban J connectivity index is 1.19. The van der Waals surface area contributed by atoms with Crippen molar-refractivity contribution >= 4 is 39.6 Å². The summed E-state index contributed by atoms with van der Waals surface area (Å²) in [5.41, 5.74) is 5.28. The summed E-state index contributed by atoms with van der Waals surface area (Å²) in [6.07, 6.45) is 9.06. The zero-order valence-electron chi connectivity index (χ0n) is 21.1. The normalized spacial score (nSPS) is 14.4. The summed E-state index contributed by atoms with van der Waals surface area (Å²) in [6.45, 7) is 2.70. The molecule has 1 aliphatic carbocycles. The van der Waals surface area contributed by atoms with Crippen LogP contribution < -0.4 is 21.3 Å². The van der Waals surface area contributed by atoms with E-state index in [1.54, 1.807) is 22.7 Å². The molecule has 0 unspecified atom stereocenters. The molecule has 1 aliphatic heterocycles. The van der Waals surface area contributed by atoms with E-state index in [-0.39, 0.29) is 11.9 Å². The molecule has 0 saturated carbocycles. The van der Waals surface area contributed by atoms with Gasteiger partial charge in [-0.1, -0.05) is 30.3 Å². The number of benzene rings is 1. The van der Waals surface area contributed by atoms with Gasteiger partial charge in [0.25, 0.3) is 5.91 Å². The summed E-state index contributed by atoms with van der Waals surface area (Å²) in [7, 11) is 0. The number of anilines is 1. The van der Waals surface area contributed by atoms with Crippen molar-refractivity contribution in [3.63, 3.8) is 0 Å². The maximum Gasteiger partial charge on any atom is 0.320 e. The van der Waals surface area contributed by atoms with Crippen LogP contribution in [-0.4, -0.2) is 23.1 Å². The molecule has 4 aromatic rings. The number of hydrogen-bond donors (Lipinski definition) is 4. The molecular weight excluding hydrogens is 514 g/mol. The van der Waals surface area contributed by atoms with Gasteiger partial charge < -0.3 is 20.5 Å². The average molecular weight is 546 g/mol. The molecule has 38 heavy (non-hydrogen) atoms. The first kappa shape index (κ1) is 24.9. The van der Waals surface area contributed by atoms with Crippen LogP contribution in [0.3, 0.4) is 0 Å². The maximum absolute atomic E-state index is 13.4. The molecule has 7 nitrogen and oxygen atoms in total. The molecule has 6 rings (SSSR count). The molecule has 9 heteroatoms. The molecule has 0 radical (unpaired) electrons. The summed E-state index contributed by atoms with van der Waals surface area (Å²) in [6, 6.07) is 13.6. The van der Waals surface area contributed by atoms with E-state index in [2.05, 4.69) is 25.8 Å². The summed E-state index contributed by atoms with van der Waals surface area (Å²) in [4.78, 5) is 29.1. The van der Waals surface area contributed by atoms with Gasteiger partial charge in [-0.3, -0.25) is 10.1 Å². The van der Waals surface area contributed by atoms with Crippen LogP contribution in [0.4, 0.5) is 9.80 Å². The predicted octanol–water partition coefficient (Wildman–Crippen LogP) is 5.38. The minimum Gasteiger partial charge on any atom is -0.348 e. The van der Waals surface area contributed by atoms with Gasteiger partial charge in [-0.25, -0.2) is 4.79 Å². The number of urea groups is 1. The number of rotatable bonds is 7. The molecule has 0 fully saturated rings. The number of nitrogens with zero attached hydrogens (tertiary/aromatic N) is 1. The second-order valence-electron chi connectivity index (χ2n) is 9.70. The summed E-state index contributed by atoms with van der Waals surface area (Å²) >= 11 is 3.33. The fraction of sp³-hybridized carbons (Fsp3) is 0.310. The first-order valence-corrected chi connectivity index (χ1v) is 14.8. The standard InChI is InChI=1S/C29H31N5O2S2/c35-26(31-16-19-8-2-1-3-9-19)25-21-10-4-5-11-23(21)37-27(25)33-29(36)32-17-22-20-12-13-30-18-24(20)38-28(22)34-14-6-7-15-34/h1-3,6-9,14-15,30H,4-5,10-13,16-18H2,(H,31,35)(H2,32,33,36). The van der Waals surface area contributed by atoms with Crippen LogP contribution >= 0.6 is 22.7 Å². The minimum atomic E-state index is -0.284. The van der Waals surface area contributed by atoms with Gasteiger partial charge in [-0.05, 0) is 67.5 Å². The molecule has 2 aliphatic rings. The highest BCUT2D eigenvalue weighted by atomic mass is 32.1. The number of hydrogen-bond acceptors (Lipinski definition) is 5. The Morgan fingerprint density at radius 3 is 2.53 bits per heavy atom. The second kappa shape index (κ2) is 11.1. The molecule has 3 aromatic heterocycles. The molecule has 0 saturated heterocycles. The number of aromatic nitrogens is 1. The Bertz CT molecular complexity index is 1440. The molecule has 0 spiro atoms. The molecule has 4 N–H and O–H groups in total. The van der Waals surface area contributed by atoms with Crippen molar-refractivity contribution in [1.82, 2.24) is 20.5 Å². The van der Waals surface area contributed by atoms with Crippen molar-refractivity contribution in [3.8, 4) is 5.00 Å². The van der Waals surface area contributed by atoms with Gasteiger partial charge in [0.15, 0.2) is 0 Å². The van der Waals surface area contributed by atoms with E-state index in [1.807, 2.05) is 54.9 Å². The monoisotopic (exact) mass is 545 g/mol. The highest BCUT2D eigenvalue weighted by Crippen LogP contribution is 2.38. The second-order valence-corrected chi connectivity index (χ2v) is 11.9. The molecular formula is C29H31N5O2S2. The predicted molar refractivity (Wildman–Crippen MR) is 153 cm³/mol. The lowest BCUT2D eigenvalue weighted by atomic mass is 9.95. The zero-order valence-corrected chi connectivity index (χ0v) is 22.8. The van der Waals surface area contributed by atoms with E-state index in [1.165, 1.54) is 20.9 Å². The van der Waals surface area contributed by atoms with Gasteiger partial charge in [-0.2, -0.15) is 0 Å². The Labute approximate surface area is 230 Å². The Morgan fingerprint density at radius 1 is 0.868 bits per heavy atom. The fourth-order valence-corrected chi connectivity index (χ4v) is 7.91. The molecule has 1 aromatic carbocycles. The van der Waals surface area contributed by atoms with Crippen LogP contribution in [0.15, 0.2) is 54.9 Å². The van der Waals surface area contributed by atoms with E-state index >= 15 is 0 Å². The van der Waals surface area contributed by atoms with Crippen LogP contribution in [0.2, 0.25) is 0 Å². The Morgan fingerprint density at radius 2 is 1.68 bits per heavy atom. The van der Waals surface area contributed by atoms with Crippen molar-refractivity contribution < 1.29 is 9.59 Å². The number of amides is 3. The van der Waals surface area contributed by atoms with Crippen LogP contribution in [0, 0.1) is 0 Å². The number of aryl methyl sites for hydroxylation is 1. The van der Waals surface area contributed by atoms with Crippen molar-refractivity contribution in [3.05, 3.63) is 92.4 Å². The third-order valence-corrected chi connectivity index (χ3v) is 9.70. The van der Waals surface area contributed by atoms with Crippen molar-refractivity contribution in [2.24, 2.45) is 0 Å². The lowest BCUT2D eigenvalue weighted by Gasteiger charge is -2.15. The van der Waals surface area contributed by atoms with E-state index in [9.17, 15) is 9.59 Å². The largest absolute Gasteiger partial charge is 0.348 e. The molecule has 0 atom stereocenters. The van der Waals surface area contributed by atoms with Crippen LogP contribution in [-0.2, 0) is 38.9 Å². The van der Waals surface area contributed by atoms with E-state index in [0.29, 0.717) is 23.7 Å². The van der Waals surface area contributed by atoms with Crippen LogP contribution in [0.5, 0.6) is 0 Å². The molecule has 196 valence electrons. The van der Waals surface area contributed by atoms with Crippen LogP contribution in [0.1, 0.15) is 55.2 Å². The number of carbonyl (C=O) groups is 2. The first-order valence-electron chi connectivity index (χ1n) is 13.2. The molecule has 0 bridgehead atoms. The minimum absolute atomic E-state index is 0.127. The number of nitrogens with one attached hydrogen (secondary N) is 4. The van der Waals surface area contributed by atoms with E-state index in [0.717, 1.165) is 61.3 Å². The maximum atomic E-state index is 13.4. The Hall–Kier alpha value is -3.40. The van der Waals surface area contributed by atoms with E-state index < -0.39 is 0 Å². The molecule has 4 heterocycles. The topological polar surface area (TPSA) is 87.2 Å². The third kappa shape index (κ3) is 5.14. The van der Waals surface area contributed by atoms with Gasteiger partial charge in [0.2, 0.25) is 0 Å². The lowest BCUT2D eigenvalue weighted by Crippen LogP contribution is -2.31. The SMILES string of the molecule is O=C(NCc1c(-n2cccc2)sc2c1CCNC2)Nc1sc2c(c1C(=O)NCc1ccccc1)CCCC2. The highest BCUT2D eigenvalue weighted by molar-refractivity contribution is 7.17. The summed E-state index contributed by atoms with van der Waals surface area (Å²) < 4.78 is 2.13. The van der Waals surface area contributed by atoms with Gasteiger partial charge in [0, 0.05) is 47.3 Å². The number of thiophene rings is 2. The van der Waals surface area contributed by atoms with Crippen molar-refractivity contribution in [2.75, 3.05) is 11.9 Å². The molecule has 3 amide bonds. The third-order valence-electron chi connectivity index (χ3n) is 7.20. The average Bonchev–Trinajstić information content (AvgIpc) is 3.68. The summed E-state index contributed by atoms with van der Waals surface area (Å²) in [5, 5.41) is 14.4. The lowest BCUT2D eigenvalue weighted by molar-refractivity contribution is 0.0951. The van der Waals surface area contributed by atoms with Gasteiger partial charge in [0.1, 0.15) is 10.0 Å². The van der Waals surface area contributed by atoms with Crippen molar-refractivity contribution in [1.29, 1.82) is 0 Å². The first-order chi connectivity index (χ1) is 18.7. The quantitative estimate of drug-likeness (QED) is 0.252. The van der Waals surface area contributed by atoms with Crippen molar-refractivity contribution in [2.45, 2.75) is 51.7 Å². The number of fused-ring (bicyclic) bond motifs is 2. The van der Waals surface area contributed by atoms with E-state index in [4.69, 9.17) is 0 Å². The smallest absolute Gasteiger partial charge is 0.320 e. The van der Waals surface area contributed by atoms with Gasteiger partial charge >= 0.3 is 6.03 Å². The fourth-order valence-electron chi connectivity index (χ4n) is 5.32. The van der Waals surface area contributed by atoms with Crippen LogP contribution in [0.25, 0.3) is 5.00 Å².